The Morgan fingerprint density at radius 3 is 2.62 bits per heavy atom. The van der Waals surface area contributed by atoms with Crippen molar-refractivity contribution in [2.24, 2.45) is 0 Å². The van der Waals surface area contributed by atoms with Crippen LogP contribution in [0.15, 0.2) is 47.1 Å². The minimum absolute atomic E-state index is 0.331. The van der Waals surface area contributed by atoms with Crippen LogP contribution in [0.4, 0.5) is 13.2 Å². The van der Waals surface area contributed by atoms with Crippen LogP contribution in [0.25, 0.3) is 5.70 Å². The Labute approximate surface area is 130 Å². The van der Waals surface area contributed by atoms with Crippen LogP contribution in [0.5, 0.6) is 0 Å². The van der Waals surface area contributed by atoms with Gasteiger partial charge in [-0.2, -0.15) is 0 Å². The third kappa shape index (κ3) is 3.40. The first-order valence-corrected chi connectivity index (χ1v) is 7.34. The summed E-state index contributed by atoms with van der Waals surface area (Å²) in [5, 5.41) is 0. The lowest BCUT2D eigenvalue weighted by molar-refractivity contribution is 0.123. The molecule has 0 radical (unpaired) electrons. The van der Waals surface area contributed by atoms with E-state index in [1.54, 1.807) is 18.2 Å². The van der Waals surface area contributed by atoms with E-state index in [0.717, 1.165) is 11.1 Å². The lowest BCUT2D eigenvalue weighted by Crippen LogP contribution is -2.28. The third-order valence-electron chi connectivity index (χ3n) is 3.32. The molecule has 1 aliphatic heterocycles. The van der Waals surface area contributed by atoms with Crippen LogP contribution in [0, 0.1) is 5.82 Å². The molecule has 1 aliphatic rings. The van der Waals surface area contributed by atoms with Crippen molar-refractivity contribution >= 4 is 21.6 Å². The number of hydrogen-bond donors (Lipinski definition) is 0. The zero-order valence-electron chi connectivity index (χ0n) is 11.5. The molecule has 1 aromatic carbocycles. The highest BCUT2D eigenvalue weighted by Crippen LogP contribution is 2.35. The number of benzene rings is 1. The van der Waals surface area contributed by atoms with E-state index in [4.69, 9.17) is 0 Å². The van der Waals surface area contributed by atoms with E-state index in [9.17, 15) is 13.2 Å². The molecule has 0 saturated carbocycles. The maximum Gasteiger partial charge on any atom is 0.256 e. The van der Waals surface area contributed by atoms with E-state index < -0.39 is 13.0 Å². The fraction of sp³-hybridized carbons (Fsp3) is 0.250. The predicted molar refractivity (Wildman–Crippen MR) is 82.6 cm³/mol. The van der Waals surface area contributed by atoms with Crippen LogP contribution in [-0.4, -0.2) is 17.9 Å². The molecular formula is C16H15BrF3N. The SMILES string of the molecule is C=C1C(Br)=CC=C(c2ccc(F)cc2CC)N1CC(F)F. The molecule has 0 N–H and O–H groups in total. The van der Waals surface area contributed by atoms with Gasteiger partial charge in [-0.25, -0.2) is 13.2 Å². The van der Waals surface area contributed by atoms with Gasteiger partial charge in [0.2, 0.25) is 0 Å². The van der Waals surface area contributed by atoms with E-state index in [-0.39, 0.29) is 5.82 Å². The summed E-state index contributed by atoms with van der Waals surface area (Å²) in [6.07, 6.45) is 1.63. The Balaban J connectivity index is 2.51. The Bertz CT molecular complexity index is 620. The molecule has 21 heavy (non-hydrogen) atoms. The maximum absolute atomic E-state index is 13.4. The van der Waals surface area contributed by atoms with Crippen molar-refractivity contribution in [3.05, 3.63) is 64.1 Å². The largest absolute Gasteiger partial charge is 0.335 e. The first-order chi connectivity index (χ1) is 9.93. The molecule has 0 saturated heterocycles. The fourth-order valence-corrected chi connectivity index (χ4v) is 2.65. The molecule has 0 unspecified atom stereocenters. The molecule has 1 nitrogen and oxygen atoms in total. The van der Waals surface area contributed by atoms with Gasteiger partial charge in [-0.3, -0.25) is 0 Å². The van der Waals surface area contributed by atoms with Crippen molar-refractivity contribution < 1.29 is 13.2 Å². The average Bonchev–Trinajstić information content (AvgIpc) is 2.44. The van der Waals surface area contributed by atoms with Crippen molar-refractivity contribution in [2.75, 3.05) is 6.54 Å². The van der Waals surface area contributed by atoms with Gasteiger partial charge in [0.15, 0.2) is 0 Å². The first-order valence-electron chi connectivity index (χ1n) is 6.55. The van der Waals surface area contributed by atoms with Crippen LogP contribution in [0.1, 0.15) is 18.1 Å². The number of alkyl halides is 2. The standard InChI is InChI=1S/C16H15BrF3N/c1-3-11-8-12(18)4-5-13(11)15-7-6-14(17)10(2)21(15)9-16(19)20/h4-8,16H,2-3,9H2,1H3. The number of allylic oxidation sites excluding steroid dienone is 3. The molecule has 5 heteroatoms. The normalized spacial score (nSPS) is 15.3. The number of rotatable bonds is 4. The monoisotopic (exact) mass is 357 g/mol. The zero-order chi connectivity index (χ0) is 15.6. The van der Waals surface area contributed by atoms with Gasteiger partial charge >= 0.3 is 0 Å². The number of aryl methyl sites for hydroxylation is 1. The van der Waals surface area contributed by atoms with E-state index in [0.29, 0.717) is 22.3 Å². The Kier molecular flexibility index (Phi) is 4.93. The molecule has 0 fully saturated rings. The van der Waals surface area contributed by atoms with Gasteiger partial charge in [-0.15, -0.1) is 0 Å². The number of nitrogens with zero attached hydrogens (tertiary/aromatic N) is 1. The molecular weight excluding hydrogens is 343 g/mol. The summed E-state index contributed by atoms with van der Waals surface area (Å²) in [7, 11) is 0. The highest BCUT2D eigenvalue weighted by atomic mass is 79.9. The molecule has 0 aliphatic carbocycles. The van der Waals surface area contributed by atoms with Gasteiger partial charge in [0, 0.05) is 21.4 Å². The lowest BCUT2D eigenvalue weighted by Gasteiger charge is -2.32. The smallest absolute Gasteiger partial charge is 0.256 e. The van der Waals surface area contributed by atoms with Crippen molar-refractivity contribution in [1.82, 2.24) is 4.90 Å². The van der Waals surface area contributed by atoms with Gasteiger partial charge in [0.1, 0.15) is 5.82 Å². The van der Waals surface area contributed by atoms with Crippen LogP contribution in [0.3, 0.4) is 0 Å². The van der Waals surface area contributed by atoms with Crippen molar-refractivity contribution in [1.29, 1.82) is 0 Å². The average molecular weight is 358 g/mol. The van der Waals surface area contributed by atoms with Crippen LogP contribution >= 0.6 is 15.9 Å². The lowest BCUT2D eigenvalue weighted by atomic mass is 9.99. The summed E-state index contributed by atoms with van der Waals surface area (Å²) in [5.41, 5.74) is 2.61. The molecule has 1 aromatic rings. The molecule has 0 spiro atoms. The van der Waals surface area contributed by atoms with E-state index >= 15 is 0 Å². The van der Waals surface area contributed by atoms with Crippen molar-refractivity contribution in [2.45, 2.75) is 19.8 Å². The first kappa shape index (κ1) is 15.9. The summed E-state index contributed by atoms with van der Waals surface area (Å²) in [6, 6.07) is 4.40. The maximum atomic E-state index is 13.4. The molecule has 0 bridgehead atoms. The molecule has 0 atom stereocenters. The van der Waals surface area contributed by atoms with E-state index in [1.165, 1.54) is 17.0 Å². The predicted octanol–water partition coefficient (Wildman–Crippen LogP) is 5.10. The quantitative estimate of drug-likeness (QED) is 0.724. The van der Waals surface area contributed by atoms with Gasteiger partial charge < -0.3 is 4.90 Å². The molecule has 0 amide bonds. The van der Waals surface area contributed by atoms with E-state index in [1.807, 2.05) is 6.92 Å². The van der Waals surface area contributed by atoms with Crippen molar-refractivity contribution in [3.8, 4) is 0 Å². The number of hydrogen-bond acceptors (Lipinski definition) is 1. The van der Waals surface area contributed by atoms with Gasteiger partial charge in [-0.1, -0.05) is 13.5 Å². The van der Waals surface area contributed by atoms with Crippen molar-refractivity contribution in [3.63, 3.8) is 0 Å². The Morgan fingerprint density at radius 2 is 2.00 bits per heavy atom. The second kappa shape index (κ2) is 6.52. The van der Waals surface area contributed by atoms with Gasteiger partial charge in [0.05, 0.1) is 6.54 Å². The minimum atomic E-state index is -2.49. The summed E-state index contributed by atoms with van der Waals surface area (Å²) in [5.74, 6) is -0.331. The van der Waals surface area contributed by atoms with Gasteiger partial charge in [0.25, 0.3) is 6.43 Å². The van der Waals surface area contributed by atoms with Gasteiger partial charge in [-0.05, 0) is 58.3 Å². The second-order valence-corrected chi connectivity index (χ2v) is 5.52. The number of halogens is 4. The Morgan fingerprint density at radius 1 is 1.29 bits per heavy atom. The minimum Gasteiger partial charge on any atom is -0.335 e. The molecule has 1 heterocycles. The third-order valence-corrected chi connectivity index (χ3v) is 4.05. The topological polar surface area (TPSA) is 3.24 Å². The van der Waals surface area contributed by atoms with Crippen LogP contribution < -0.4 is 0 Å². The summed E-state index contributed by atoms with van der Waals surface area (Å²) in [6.45, 7) is 5.29. The van der Waals surface area contributed by atoms with Crippen LogP contribution in [0.2, 0.25) is 0 Å². The van der Waals surface area contributed by atoms with Crippen LogP contribution in [-0.2, 0) is 6.42 Å². The summed E-state index contributed by atoms with van der Waals surface area (Å²) >= 11 is 3.30. The zero-order valence-corrected chi connectivity index (χ0v) is 13.1. The molecule has 2 rings (SSSR count). The second-order valence-electron chi connectivity index (χ2n) is 4.67. The molecule has 112 valence electrons. The Hall–Kier alpha value is -1.49. The summed E-state index contributed by atoms with van der Waals surface area (Å²) in [4.78, 5) is 1.46. The van der Waals surface area contributed by atoms with E-state index in [2.05, 4.69) is 22.5 Å². The highest BCUT2D eigenvalue weighted by molar-refractivity contribution is 9.12. The highest BCUT2D eigenvalue weighted by Gasteiger charge is 2.24. The summed E-state index contributed by atoms with van der Waals surface area (Å²) < 4.78 is 39.7. The molecule has 0 aromatic heterocycles. The fourth-order valence-electron chi connectivity index (χ4n) is 2.30.